The van der Waals surface area contributed by atoms with Crippen molar-refractivity contribution in [3.8, 4) is 0 Å². The summed E-state index contributed by atoms with van der Waals surface area (Å²) in [5, 5.41) is 0. The SMILES string of the molecule is CN1CCCN(CC(=O)N2Cc3[nH]cnc3C(c3ccccc3)C2)CC1. The zero-order valence-electron chi connectivity index (χ0n) is 15.4. The molecule has 6 nitrogen and oxygen atoms in total. The second kappa shape index (κ2) is 7.60. The van der Waals surface area contributed by atoms with Gasteiger partial charge in [-0.3, -0.25) is 9.69 Å². The van der Waals surface area contributed by atoms with E-state index in [1.54, 1.807) is 6.33 Å². The topological polar surface area (TPSA) is 55.5 Å². The van der Waals surface area contributed by atoms with Crippen LogP contribution in [0.2, 0.25) is 0 Å². The first kappa shape index (κ1) is 17.2. The highest BCUT2D eigenvalue weighted by Gasteiger charge is 2.31. The summed E-state index contributed by atoms with van der Waals surface area (Å²) in [7, 11) is 2.15. The van der Waals surface area contributed by atoms with Crippen LogP contribution in [0.5, 0.6) is 0 Å². The molecule has 2 aromatic rings. The maximum absolute atomic E-state index is 13.0. The molecule has 2 aliphatic heterocycles. The minimum absolute atomic E-state index is 0.144. The number of H-pyrrole nitrogens is 1. The number of benzene rings is 1. The number of nitrogens with zero attached hydrogens (tertiary/aromatic N) is 4. The third kappa shape index (κ3) is 3.66. The number of aromatic amines is 1. The lowest BCUT2D eigenvalue weighted by Gasteiger charge is -2.33. The van der Waals surface area contributed by atoms with Crippen LogP contribution >= 0.6 is 0 Å². The number of amides is 1. The summed E-state index contributed by atoms with van der Waals surface area (Å²) in [4.78, 5) is 27.4. The molecule has 1 aromatic carbocycles. The lowest BCUT2D eigenvalue weighted by Crippen LogP contribution is -2.45. The molecule has 0 spiro atoms. The zero-order valence-corrected chi connectivity index (χ0v) is 15.4. The number of rotatable bonds is 3. The number of carbonyl (C=O) groups is 1. The Balaban J connectivity index is 1.48. The van der Waals surface area contributed by atoms with E-state index in [2.05, 4.69) is 51.1 Å². The van der Waals surface area contributed by atoms with Crippen molar-refractivity contribution in [3.63, 3.8) is 0 Å². The predicted molar refractivity (Wildman–Crippen MR) is 101 cm³/mol. The number of carbonyl (C=O) groups excluding carboxylic acids is 1. The van der Waals surface area contributed by atoms with Gasteiger partial charge in [-0.25, -0.2) is 4.98 Å². The van der Waals surface area contributed by atoms with Crippen molar-refractivity contribution < 1.29 is 4.79 Å². The van der Waals surface area contributed by atoms with Crippen molar-refractivity contribution in [1.82, 2.24) is 24.7 Å². The number of aromatic nitrogens is 2. The highest BCUT2D eigenvalue weighted by molar-refractivity contribution is 5.78. The van der Waals surface area contributed by atoms with Gasteiger partial charge in [0, 0.05) is 25.6 Å². The largest absolute Gasteiger partial charge is 0.347 e. The first-order valence-electron chi connectivity index (χ1n) is 9.46. The summed E-state index contributed by atoms with van der Waals surface area (Å²) in [6.45, 7) is 5.96. The van der Waals surface area contributed by atoms with E-state index in [0.29, 0.717) is 19.6 Å². The number of hydrogen-bond acceptors (Lipinski definition) is 4. The van der Waals surface area contributed by atoms with Crippen molar-refractivity contribution in [1.29, 1.82) is 0 Å². The summed E-state index contributed by atoms with van der Waals surface area (Å²) in [6.07, 6.45) is 2.88. The molecule has 1 atom stereocenters. The van der Waals surface area contributed by atoms with E-state index in [4.69, 9.17) is 0 Å². The first-order valence-corrected chi connectivity index (χ1v) is 9.46. The molecule has 1 fully saturated rings. The number of nitrogens with one attached hydrogen (secondary N) is 1. The van der Waals surface area contributed by atoms with Gasteiger partial charge in [-0.15, -0.1) is 0 Å². The van der Waals surface area contributed by atoms with Crippen LogP contribution in [0.3, 0.4) is 0 Å². The van der Waals surface area contributed by atoms with Crippen LogP contribution in [0.25, 0.3) is 0 Å². The van der Waals surface area contributed by atoms with Gasteiger partial charge < -0.3 is 14.8 Å². The van der Waals surface area contributed by atoms with E-state index in [-0.39, 0.29) is 11.8 Å². The Morgan fingerprint density at radius 2 is 2.04 bits per heavy atom. The monoisotopic (exact) mass is 353 g/mol. The van der Waals surface area contributed by atoms with Crippen LogP contribution in [0.1, 0.15) is 29.3 Å². The van der Waals surface area contributed by atoms with E-state index in [1.807, 2.05) is 11.0 Å². The molecule has 1 aromatic heterocycles. The fourth-order valence-corrected chi connectivity index (χ4v) is 4.01. The number of likely N-dealkylation sites (N-methyl/N-ethyl adjacent to an activating group) is 1. The molecule has 26 heavy (non-hydrogen) atoms. The van der Waals surface area contributed by atoms with Gasteiger partial charge in [-0.05, 0) is 32.1 Å². The molecule has 3 heterocycles. The molecule has 138 valence electrons. The Morgan fingerprint density at radius 1 is 1.19 bits per heavy atom. The molecule has 1 amide bonds. The normalized spacial score (nSPS) is 22.0. The second-order valence-electron chi connectivity index (χ2n) is 7.44. The van der Waals surface area contributed by atoms with Crippen LogP contribution in [-0.2, 0) is 11.3 Å². The van der Waals surface area contributed by atoms with Crippen LogP contribution in [-0.4, -0.2) is 76.9 Å². The molecule has 4 rings (SSSR count). The van der Waals surface area contributed by atoms with Gasteiger partial charge in [-0.2, -0.15) is 0 Å². The third-order valence-corrected chi connectivity index (χ3v) is 5.56. The Labute approximate surface area is 154 Å². The van der Waals surface area contributed by atoms with E-state index in [0.717, 1.165) is 44.0 Å². The smallest absolute Gasteiger partial charge is 0.237 e. The minimum Gasteiger partial charge on any atom is -0.347 e. The van der Waals surface area contributed by atoms with Gasteiger partial charge in [0.1, 0.15) is 0 Å². The van der Waals surface area contributed by atoms with E-state index >= 15 is 0 Å². The molecule has 1 N–H and O–H groups in total. The van der Waals surface area contributed by atoms with Crippen LogP contribution in [0.4, 0.5) is 0 Å². The van der Waals surface area contributed by atoms with Crippen LogP contribution < -0.4 is 0 Å². The van der Waals surface area contributed by atoms with Crippen molar-refractivity contribution in [2.24, 2.45) is 0 Å². The highest BCUT2D eigenvalue weighted by atomic mass is 16.2. The molecule has 2 aliphatic rings. The maximum atomic E-state index is 13.0. The molecule has 1 unspecified atom stereocenters. The van der Waals surface area contributed by atoms with E-state index in [1.165, 1.54) is 5.56 Å². The molecule has 6 heteroatoms. The summed E-state index contributed by atoms with van der Waals surface area (Å²) in [5.41, 5.74) is 3.36. The molecular weight excluding hydrogens is 326 g/mol. The third-order valence-electron chi connectivity index (χ3n) is 5.56. The standard InChI is InChI=1S/C20H27N5O/c1-23-8-5-9-24(11-10-23)14-19(26)25-12-17(16-6-3-2-4-7-16)20-18(13-25)21-15-22-20/h2-4,6-7,15,17H,5,8-14H2,1H3,(H,21,22). The summed E-state index contributed by atoms with van der Waals surface area (Å²) >= 11 is 0. The lowest BCUT2D eigenvalue weighted by molar-refractivity contribution is -0.133. The average Bonchev–Trinajstić information content (AvgIpc) is 3.05. The maximum Gasteiger partial charge on any atom is 0.237 e. The summed E-state index contributed by atoms with van der Waals surface area (Å²) in [6, 6.07) is 10.4. The van der Waals surface area contributed by atoms with Gasteiger partial charge in [0.2, 0.25) is 5.91 Å². The molecule has 0 saturated carbocycles. The molecular formula is C20H27N5O. The fraction of sp³-hybridized carbons (Fsp3) is 0.500. The summed E-state index contributed by atoms with van der Waals surface area (Å²) < 4.78 is 0. The van der Waals surface area contributed by atoms with Crippen LogP contribution in [0.15, 0.2) is 36.7 Å². The van der Waals surface area contributed by atoms with Gasteiger partial charge in [0.25, 0.3) is 0 Å². The highest BCUT2D eigenvalue weighted by Crippen LogP contribution is 2.31. The van der Waals surface area contributed by atoms with Gasteiger partial charge >= 0.3 is 0 Å². The van der Waals surface area contributed by atoms with Crippen molar-refractivity contribution in [3.05, 3.63) is 53.6 Å². The van der Waals surface area contributed by atoms with Crippen molar-refractivity contribution >= 4 is 5.91 Å². The minimum atomic E-state index is 0.144. The summed E-state index contributed by atoms with van der Waals surface area (Å²) in [5.74, 6) is 0.362. The number of hydrogen-bond donors (Lipinski definition) is 1. The Hall–Kier alpha value is -2.18. The molecule has 0 aliphatic carbocycles. The van der Waals surface area contributed by atoms with E-state index < -0.39 is 0 Å². The zero-order chi connectivity index (χ0) is 17.9. The second-order valence-corrected chi connectivity index (χ2v) is 7.44. The van der Waals surface area contributed by atoms with Gasteiger partial charge in [0.05, 0.1) is 30.8 Å². The first-order chi connectivity index (χ1) is 12.7. The quantitative estimate of drug-likeness (QED) is 0.909. The fourth-order valence-electron chi connectivity index (χ4n) is 4.01. The van der Waals surface area contributed by atoms with Crippen molar-refractivity contribution in [2.45, 2.75) is 18.9 Å². The Kier molecular flexibility index (Phi) is 5.04. The molecule has 0 bridgehead atoms. The molecule has 0 radical (unpaired) electrons. The number of imidazole rings is 1. The lowest BCUT2D eigenvalue weighted by atomic mass is 9.91. The predicted octanol–water partition coefficient (Wildman–Crippen LogP) is 1.52. The van der Waals surface area contributed by atoms with Gasteiger partial charge in [-0.1, -0.05) is 30.3 Å². The van der Waals surface area contributed by atoms with Crippen molar-refractivity contribution in [2.75, 3.05) is 46.3 Å². The number of fused-ring (bicyclic) bond motifs is 1. The molecule has 1 saturated heterocycles. The Morgan fingerprint density at radius 3 is 2.88 bits per heavy atom. The van der Waals surface area contributed by atoms with Gasteiger partial charge in [0.15, 0.2) is 0 Å². The van der Waals surface area contributed by atoms with E-state index in [9.17, 15) is 4.79 Å². The van der Waals surface area contributed by atoms with Crippen LogP contribution in [0, 0.1) is 0 Å². The Bertz CT molecular complexity index is 744. The average molecular weight is 353 g/mol.